The lowest BCUT2D eigenvalue weighted by atomic mass is 10.1. The molecule has 6 heteroatoms. The molecule has 1 aromatic rings. The second-order valence-corrected chi connectivity index (χ2v) is 7.86. The molecule has 0 bridgehead atoms. The SMILES string of the molecule is CCOc1cc(C(=O)N(C(C)C)C2CC2)ccc1OCC(=O)N1CCCCC1. The van der Waals surface area contributed by atoms with Crippen LogP contribution in [-0.2, 0) is 4.79 Å². The number of piperidine rings is 1. The first-order valence-electron chi connectivity index (χ1n) is 10.5. The Balaban J connectivity index is 1.69. The van der Waals surface area contributed by atoms with Crippen molar-refractivity contribution in [3.8, 4) is 11.5 Å². The van der Waals surface area contributed by atoms with E-state index in [1.165, 1.54) is 6.42 Å². The van der Waals surface area contributed by atoms with Crippen LogP contribution in [0.1, 0.15) is 63.2 Å². The van der Waals surface area contributed by atoms with Crippen LogP contribution in [0.15, 0.2) is 18.2 Å². The summed E-state index contributed by atoms with van der Waals surface area (Å²) in [5.41, 5.74) is 0.596. The summed E-state index contributed by atoms with van der Waals surface area (Å²) in [6.45, 7) is 8.05. The molecule has 2 aliphatic rings. The summed E-state index contributed by atoms with van der Waals surface area (Å²) in [5.74, 6) is 1.04. The van der Waals surface area contributed by atoms with Gasteiger partial charge in [-0.25, -0.2) is 0 Å². The standard InChI is InChI=1S/C22H32N2O4/c1-4-27-20-14-17(22(26)24(16(2)3)18-9-10-18)8-11-19(20)28-15-21(25)23-12-6-5-7-13-23/h8,11,14,16,18H,4-7,9-10,12-13,15H2,1-3H3. The number of rotatable bonds is 8. The summed E-state index contributed by atoms with van der Waals surface area (Å²) in [7, 11) is 0. The minimum Gasteiger partial charge on any atom is -0.490 e. The molecule has 6 nitrogen and oxygen atoms in total. The van der Waals surface area contributed by atoms with E-state index < -0.39 is 0 Å². The van der Waals surface area contributed by atoms with Gasteiger partial charge in [0.2, 0.25) is 0 Å². The number of carbonyl (C=O) groups is 2. The minimum atomic E-state index is -0.00639. The lowest BCUT2D eigenvalue weighted by molar-refractivity contribution is -0.134. The molecule has 0 unspecified atom stereocenters. The topological polar surface area (TPSA) is 59.1 Å². The van der Waals surface area contributed by atoms with Crippen molar-refractivity contribution < 1.29 is 19.1 Å². The van der Waals surface area contributed by atoms with Crippen molar-refractivity contribution in [1.82, 2.24) is 9.80 Å². The van der Waals surface area contributed by atoms with Gasteiger partial charge in [-0.15, -0.1) is 0 Å². The number of amides is 2. The van der Waals surface area contributed by atoms with E-state index in [-0.39, 0.29) is 24.5 Å². The maximum absolute atomic E-state index is 13.0. The number of carbonyl (C=O) groups excluding carboxylic acids is 2. The Hall–Kier alpha value is -2.24. The van der Waals surface area contributed by atoms with Crippen molar-refractivity contribution >= 4 is 11.8 Å². The third-order valence-corrected chi connectivity index (χ3v) is 5.28. The van der Waals surface area contributed by atoms with E-state index in [0.29, 0.717) is 29.7 Å². The van der Waals surface area contributed by atoms with Crippen LogP contribution >= 0.6 is 0 Å². The third-order valence-electron chi connectivity index (χ3n) is 5.28. The molecule has 3 rings (SSSR count). The van der Waals surface area contributed by atoms with Crippen LogP contribution in [0.25, 0.3) is 0 Å². The highest BCUT2D eigenvalue weighted by Crippen LogP contribution is 2.33. The predicted octanol–water partition coefficient (Wildman–Crippen LogP) is 3.49. The Kier molecular flexibility index (Phi) is 6.81. The van der Waals surface area contributed by atoms with Crippen molar-refractivity contribution in [3.63, 3.8) is 0 Å². The van der Waals surface area contributed by atoms with E-state index in [9.17, 15) is 9.59 Å². The summed E-state index contributed by atoms with van der Waals surface area (Å²) >= 11 is 0. The average molecular weight is 389 g/mol. The van der Waals surface area contributed by atoms with Crippen LogP contribution in [0.2, 0.25) is 0 Å². The number of benzene rings is 1. The van der Waals surface area contributed by atoms with Gasteiger partial charge in [0.15, 0.2) is 18.1 Å². The van der Waals surface area contributed by atoms with Crippen LogP contribution in [0.5, 0.6) is 11.5 Å². The van der Waals surface area contributed by atoms with Crippen LogP contribution in [-0.4, -0.2) is 60.0 Å². The molecule has 2 amide bonds. The molecule has 2 fully saturated rings. The fraction of sp³-hybridized carbons (Fsp3) is 0.636. The molecule has 0 N–H and O–H groups in total. The van der Waals surface area contributed by atoms with Crippen molar-refractivity contribution in [2.75, 3.05) is 26.3 Å². The fourth-order valence-corrected chi connectivity index (χ4v) is 3.73. The summed E-state index contributed by atoms with van der Waals surface area (Å²) in [4.78, 5) is 29.1. The zero-order chi connectivity index (χ0) is 20.1. The van der Waals surface area contributed by atoms with Gasteiger partial charge in [-0.05, 0) is 71.1 Å². The Morgan fingerprint density at radius 1 is 1.11 bits per heavy atom. The number of nitrogens with zero attached hydrogens (tertiary/aromatic N) is 2. The first-order valence-corrected chi connectivity index (χ1v) is 10.5. The molecular weight excluding hydrogens is 356 g/mol. The molecule has 0 atom stereocenters. The zero-order valence-corrected chi connectivity index (χ0v) is 17.3. The quantitative estimate of drug-likeness (QED) is 0.684. The molecule has 0 spiro atoms. The highest BCUT2D eigenvalue weighted by Gasteiger charge is 2.35. The van der Waals surface area contributed by atoms with Gasteiger partial charge in [0.25, 0.3) is 11.8 Å². The van der Waals surface area contributed by atoms with Gasteiger partial charge >= 0.3 is 0 Å². The highest BCUT2D eigenvalue weighted by molar-refractivity contribution is 5.95. The highest BCUT2D eigenvalue weighted by atomic mass is 16.5. The summed E-state index contributed by atoms with van der Waals surface area (Å²) < 4.78 is 11.5. The average Bonchev–Trinajstić information content (AvgIpc) is 3.52. The Morgan fingerprint density at radius 3 is 2.43 bits per heavy atom. The van der Waals surface area contributed by atoms with Crippen LogP contribution in [0.3, 0.4) is 0 Å². The normalized spacial score (nSPS) is 16.8. The Labute approximate surface area is 167 Å². The lowest BCUT2D eigenvalue weighted by Gasteiger charge is -2.27. The van der Waals surface area contributed by atoms with Gasteiger partial charge in [-0.3, -0.25) is 9.59 Å². The summed E-state index contributed by atoms with van der Waals surface area (Å²) in [5, 5.41) is 0. The van der Waals surface area contributed by atoms with E-state index in [4.69, 9.17) is 9.47 Å². The molecule has 1 saturated heterocycles. The lowest BCUT2D eigenvalue weighted by Crippen LogP contribution is -2.39. The molecule has 0 aromatic heterocycles. The Bertz CT molecular complexity index is 692. The third kappa shape index (κ3) is 4.97. The fourth-order valence-electron chi connectivity index (χ4n) is 3.73. The largest absolute Gasteiger partial charge is 0.490 e. The molecule has 0 radical (unpaired) electrons. The molecule has 1 aliphatic carbocycles. The molecule has 1 saturated carbocycles. The smallest absolute Gasteiger partial charge is 0.260 e. The van der Waals surface area contributed by atoms with E-state index in [2.05, 4.69) is 0 Å². The number of hydrogen-bond donors (Lipinski definition) is 0. The van der Waals surface area contributed by atoms with Gasteiger partial charge in [-0.2, -0.15) is 0 Å². The molecule has 1 aliphatic heterocycles. The van der Waals surface area contributed by atoms with Gasteiger partial charge in [-0.1, -0.05) is 0 Å². The molecule has 28 heavy (non-hydrogen) atoms. The molecule has 1 heterocycles. The van der Waals surface area contributed by atoms with E-state index in [1.54, 1.807) is 18.2 Å². The monoisotopic (exact) mass is 388 g/mol. The van der Waals surface area contributed by atoms with Gasteiger partial charge in [0, 0.05) is 30.7 Å². The maximum atomic E-state index is 13.0. The van der Waals surface area contributed by atoms with E-state index >= 15 is 0 Å². The molecule has 154 valence electrons. The zero-order valence-electron chi connectivity index (χ0n) is 17.3. The second-order valence-electron chi connectivity index (χ2n) is 7.86. The van der Waals surface area contributed by atoms with Gasteiger partial charge in [0.1, 0.15) is 0 Å². The molecular formula is C22H32N2O4. The van der Waals surface area contributed by atoms with Crippen molar-refractivity contribution in [2.45, 2.75) is 65.0 Å². The van der Waals surface area contributed by atoms with Gasteiger partial charge < -0.3 is 19.3 Å². The first kappa shape index (κ1) is 20.5. The van der Waals surface area contributed by atoms with E-state index in [1.807, 2.05) is 30.6 Å². The number of ether oxygens (including phenoxy) is 2. The molecule has 1 aromatic carbocycles. The van der Waals surface area contributed by atoms with Crippen LogP contribution < -0.4 is 9.47 Å². The first-order chi connectivity index (χ1) is 13.5. The number of hydrogen-bond acceptors (Lipinski definition) is 4. The maximum Gasteiger partial charge on any atom is 0.260 e. The van der Waals surface area contributed by atoms with Crippen LogP contribution in [0.4, 0.5) is 0 Å². The van der Waals surface area contributed by atoms with Crippen molar-refractivity contribution in [3.05, 3.63) is 23.8 Å². The predicted molar refractivity (Wildman–Crippen MR) is 108 cm³/mol. The number of likely N-dealkylation sites (tertiary alicyclic amines) is 1. The van der Waals surface area contributed by atoms with E-state index in [0.717, 1.165) is 38.8 Å². The Morgan fingerprint density at radius 2 is 1.82 bits per heavy atom. The van der Waals surface area contributed by atoms with Crippen LogP contribution in [0, 0.1) is 0 Å². The summed E-state index contributed by atoms with van der Waals surface area (Å²) in [6, 6.07) is 5.76. The van der Waals surface area contributed by atoms with Gasteiger partial charge in [0.05, 0.1) is 6.61 Å². The second kappa shape index (κ2) is 9.30. The van der Waals surface area contributed by atoms with Crippen molar-refractivity contribution in [2.24, 2.45) is 0 Å². The van der Waals surface area contributed by atoms with Crippen molar-refractivity contribution in [1.29, 1.82) is 0 Å². The summed E-state index contributed by atoms with van der Waals surface area (Å²) in [6.07, 6.45) is 5.44. The minimum absolute atomic E-state index is 0.00187.